The van der Waals surface area contributed by atoms with Gasteiger partial charge in [0.2, 0.25) is 5.91 Å². The molecule has 0 aliphatic rings. The normalized spacial score (nSPS) is 11.4. The van der Waals surface area contributed by atoms with E-state index in [-0.39, 0.29) is 16.9 Å². The first-order chi connectivity index (χ1) is 12.4. The van der Waals surface area contributed by atoms with E-state index >= 15 is 0 Å². The molecule has 5 nitrogen and oxygen atoms in total. The fraction of sp³-hybridized carbons (Fsp3) is 0.158. The monoisotopic (exact) mass is 373 g/mol. The average Bonchev–Trinajstić information content (AvgIpc) is 2.90. The maximum atomic E-state index is 14.1. The summed E-state index contributed by atoms with van der Waals surface area (Å²) in [4.78, 5) is 16.3. The van der Waals surface area contributed by atoms with Crippen molar-refractivity contribution in [3.8, 4) is 5.75 Å². The molecule has 1 aromatic carbocycles. The predicted octanol–water partition coefficient (Wildman–Crippen LogP) is 4.57. The van der Waals surface area contributed by atoms with E-state index in [9.17, 15) is 9.18 Å². The Bertz CT molecular complexity index is 982. The van der Waals surface area contributed by atoms with Crippen molar-refractivity contribution in [2.24, 2.45) is 0 Å². The number of amides is 1. The van der Waals surface area contributed by atoms with Gasteiger partial charge in [-0.25, -0.2) is 9.37 Å². The second-order valence-corrected chi connectivity index (χ2v) is 6.21. The Morgan fingerprint density at radius 3 is 2.88 bits per heavy atom. The molecule has 0 unspecified atom stereocenters. The maximum absolute atomic E-state index is 14.1. The van der Waals surface area contributed by atoms with Gasteiger partial charge >= 0.3 is 0 Å². The average molecular weight is 374 g/mol. The minimum atomic E-state index is -0.572. The molecule has 1 N–H and O–H groups in total. The van der Waals surface area contributed by atoms with Gasteiger partial charge in [-0.05, 0) is 44.2 Å². The molecule has 7 heteroatoms. The number of nitrogens with zero attached hydrogens (tertiary/aromatic N) is 2. The number of rotatable bonds is 5. The van der Waals surface area contributed by atoms with Crippen LogP contribution in [0.1, 0.15) is 19.5 Å². The van der Waals surface area contributed by atoms with E-state index in [0.717, 1.165) is 0 Å². The highest BCUT2D eigenvalue weighted by Crippen LogP contribution is 2.22. The lowest BCUT2D eigenvalue weighted by Crippen LogP contribution is -2.10. The van der Waals surface area contributed by atoms with Crippen LogP contribution in [-0.4, -0.2) is 21.4 Å². The Morgan fingerprint density at radius 2 is 2.15 bits per heavy atom. The van der Waals surface area contributed by atoms with Gasteiger partial charge in [0.15, 0.2) is 5.15 Å². The molecule has 0 fully saturated rings. The number of halogens is 2. The number of benzene rings is 1. The lowest BCUT2D eigenvalue weighted by Gasteiger charge is -2.11. The van der Waals surface area contributed by atoms with E-state index in [1.54, 1.807) is 22.7 Å². The van der Waals surface area contributed by atoms with Crippen molar-refractivity contribution in [2.45, 2.75) is 20.0 Å². The van der Waals surface area contributed by atoms with Gasteiger partial charge in [-0.2, -0.15) is 0 Å². The van der Waals surface area contributed by atoms with Gasteiger partial charge in [0.05, 0.1) is 17.5 Å². The molecule has 0 saturated carbocycles. The van der Waals surface area contributed by atoms with Crippen LogP contribution in [0.2, 0.25) is 5.15 Å². The second-order valence-electron chi connectivity index (χ2n) is 5.85. The van der Waals surface area contributed by atoms with E-state index in [1.165, 1.54) is 24.3 Å². The highest BCUT2D eigenvalue weighted by molar-refractivity contribution is 6.31. The number of hydrogen-bond acceptors (Lipinski definition) is 3. The third-order valence-electron chi connectivity index (χ3n) is 3.48. The van der Waals surface area contributed by atoms with E-state index in [0.29, 0.717) is 17.1 Å². The van der Waals surface area contributed by atoms with Gasteiger partial charge in [-0.15, -0.1) is 0 Å². The van der Waals surface area contributed by atoms with E-state index in [2.05, 4.69) is 10.3 Å². The van der Waals surface area contributed by atoms with Crippen LogP contribution in [0.5, 0.6) is 5.75 Å². The fourth-order valence-electron chi connectivity index (χ4n) is 2.41. The first kappa shape index (κ1) is 17.9. The quantitative estimate of drug-likeness (QED) is 0.667. The Morgan fingerprint density at radius 1 is 1.35 bits per heavy atom. The van der Waals surface area contributed by atoms with E-state index in [4.69, 9.17) is 16.3 Å². The topological polar surface area (TPSA) is 55.6 Å². The first-order valence-electron chi connectivity index (χ1n) is 8.02. The summed E-state index contributed by atoms with van der Waals surface area (Å²) in [6.45, 7) is 3.70. The van der Waals surface area contributed by atoms with Gasteiger partial charge in [-0.1, -0.05) is 17.7 Å². The molecule has 0 atom stereocenters. The Labute approximate surface area is 155 Å². The maximum Gasteiger partial charge on any atom is 0.248 e. The molecule has 1 amide bonds. The molecule has 0 aliphatic heterocycles. The SMILES string of the molecule is CC(C)Oc1ccc(NC(=O)/C=C/c2c(Cl)nc3ccccn23)c(F)c1. The second kappa shape index (κ2) is 7.58. The van der Waals surface area contributed by atoms with Gasteiger partial charge < -0.3 is 10.1 Å². The third-order valence-corrected chi connectivity index (χ3v) is 3.76. The van der Waals surface area contributed by atoms with Crippen LogP contribution in [-0.2, 0) is 4.79 Å². The zero-order chi connectivity index (χ0) is 18.7. The van der Waals surface area contributed by atoms with Crippen molar-refractivity contribution in [2.75, 3.05) is 5.32 Å². The number of carbonyl (C=O) groups is 1. The number of aromatic nitrogens is 2. The summed E-state index contributed by atoms with van der Waals surface area (Å²) >= 11 is 6.11. The van der Waals surface area contributed by atoms with Crippen molar-refractivity contribution in [3.63, 3.8) is 0 Å². The Hall–Kier alpha value is -2.86. The summed E-state index contributed by atoms with van der Waals surface area (Å²) in [5, 5.41) is 2.77. The molecular weight excluding hydrogens is 357 g/mol. The number of fused-ring (bicyclic) bond motifs is 1. The summed E-state index contributed by atoms with van der Waals surface area (Å²) in [6, 6.07) is 9.77. The van der Waals surface area contributed by atoms with Crippen LogP contribution in [0.25, 0.3) is 11.7 Å². The van der Waals surface area contributed by atoms with Crippen molar-refractivity contribution in [1.82, 2.24) is 9.38 Å². The number of carbonyl (C=O) groups excluding carboxylic acids is 1. The van der Waals surface area contributed by atoms with Crippen LogP contribution in [0.4, 0.5) is 10.1 Å². The fourth-order valence-corrected chi connectivity index (χ4v) is 2.65. The zero-order valence-electron chi connectivity index (χ0n) is 14.2. The van der Waals surface area contributed by atoms with Gasteiger partial charge in [0, 0.05) is 18.3 Å². The molecule has 0 aliphatic carbocycles. The largest absolute Gasteiger partial charge is 0.491 e. The van der Waals surface area contributed by atoms with Gasteiger partial charge in [0.1, 0.15) is 17.2 Å². The van der Waals surface area contributed by atoms with E-state index < -0.39 is 11.7 Å². The highest BCUT2D eigenvalue weighted by atomic mass is 35.5. The Balaban J connectivity index is 1.74. The van der Waals surface area contributed by atoms with Crippen LogP contribution in [0.3, 0.4) is 0 Å². The summed E-state index contributed by atoms with van der Waals surface area (Å²) in [6.07, 6.45) is 4.54. The number of imidazole rings is 1. The van der Waals surface area contributed by atoms with Crippen LogP contribution < -0.4 is 10.1 Å². The molecule has 3 aromatic rings. The third kappa shape index (κ3) is 4.03. The standard InChI is InChI=1S/C19H17ClFN3O2/c1-12(2)26-13-6-7-15(14(21)11-13)22-18(25)9-8-16-19(20)23-17-5-3-4-10-24(16)17/h3-12H,1-2H3,(H,22,25)/b9-8+. The summed E-state index contributed by atoms with van der Waals surface area (Å²) in [5.41, 5.74) is 1.31. The number of nitrogens with one attached hydrogen (secondary N) is 1. The number of hydrogen-bond donors (Lipinski definition) is 1. The summed E-state index contributed by atoms with van der Waals surface area (Å²) in [5.74, 6) is -0.648. The molecule has 134 valence electrons. The molecule has 2 heterocycles. The lowest BCUT2D eigenvalue weighted by molar-refractivity contribution is -0.111. The van der Waals surface area contributed by atoms with Crippen molar-refractivity contribution >= 4 is 34.9 Å². The molecule has 0 saturated heterocycles. The number of anilines is 1. The molecule has 0 spiro atoms. The van der Waals surface area contributed by atoms with Crippen molar-refractivity contribution in [3.05, 3.63) is 65.3 Å². The van der Waals surface area contributed by atoms with Crippen LogP contribution in [0.15, 0.2) is 48.7 Å². The minimum Gasteiger partial charge on any atom is -0.491 e. The predicted molar refractivity (Wildman–Crippen MR) is 100 cm³/mol. The van der Waals surface area contributed by atoms with Crippen LogP contribution in [0, 0.1) is 5.82 Å². The zero-order valence-corrected chi connectivity index (χ0v) is 15.0. The molecule has 0 bridgehead atoms. The first-order valence-corrected chi connectivity index (χ1v) is 8.39. The summed E-state index contributed by atoms with van der Waals surface area (Å²) < 4.78 is 21.3. The van der Waals surface area contributed by atoms with Gasteiger partial charge in [0.25, 0.3) is 0 Å². The van der Waals surface area contributed by atoms with E-state index in [1.807, 2.05) is 26.0 Å². The lowest BCUT2D eigenvalue weighted by atomic mass is 10.2. The van der Waals surface area contributed by atoms with Crippen molar-refractivity contribution in [1.29, 1.82) is 0 Å². The highest BCUT2D eigenvalue weighted by Gasteiger charge is 2.10. The number of ether oxygens (including phenoxy) is 1. The van der Waals surface area contributed by atoms with Crippen LogP contribution >= 0.6 is 11.6 Å². The molecule has 2 aromatic heterocycles. The smallest absolute Gasteiger partial charge is 0.248 e. The minimum absolute atomic E-state index is 0.0620. The molecule has 3 rings (SSSR count). The molecule has 0 radical (unpaired) electrons. The molecular formula is C19H17ClFN3O2. The molecule has 26 heavy (non-hydrogen) atoms. The number of pyridine rings is 1. The Kier molecular flexibility index (Phi) is 5.23. The van der Waals surface area contributed by atoms with Gasteiger partial charge in [-0.3, -0.25) is 9.20 Å². The summed E-state index contributed by atoms with van der Waals surface area (Å²) in [7, 11) is 0. The van der Waals surface area contributed by atoms with Crippen molar-refractivity contribution < 1.29 is 13.9 Å².